The molecule has 0 bridgehead atoms. The molecular formula is C11H12N6O. The van der Waals surface area contributed by atoms with Gasteiger partial charge in [0.25, 0.3) is 5.91 Å². The van der Waals surface area contributed by atoms with Crippen LogP contribution in [-0.4, -0.2) is 20.9 Å². The maximum absolute atomic E-state index is 11.8. The molecule has 0 unspecified atom stereocenters. The summed E-state index contributed by atoms with van der Waals surface area (Å²) in [4.78, 5) is 23.7. The fourth-order valence-electron chi connectivity index (χ4n) is 1.34. The van der Waals surface area contributed by atoms with Crippen LogP contribution in [0.25, 0.3) is 0 Å². The third-order valence-corrected chi connectivity index (χ3v) is 2.19. The molecule has 0 saturated carbocycles. The summed E-state index contributed by atoms with van der Waals surface area (Å²) in [6.45, 7) is 1.84. The van der Waals surface area contributed by atoms with Crippen LogP contribution in [0.2, 0.25) is 0 Å². The smallest absolute Gasteiger partial charge is 0.275 e. The minimum atomic E-state index is -0.336. The number of hydrogen-bond donors (Lipinski definition) is 3. The molecule has 2 aromatic rings. The topological polar surface area (TPSA) is 106 Å². The molecule has 4 N–H and O–H groups in total. The number of pyridine rings is 1. The number of aromatic nitrogens is 3. The number of nitrogens with two attached hydrogens (primary N) is 1. The molecule has 0 aliphatic carbocycles. The van der Waals surface area contributed by atoms with Crippen molar-refractivity contribution in [2.45, 2.75) is 6.92 Å². The van der Waals surface area contributed by atoms with E-state index in [9.17, 15) is 4.79 Å². The molecule has 2 aromatic heterocycles. The van der Waals surface area contributed by atoms with E-state index in [1.54, 1.807) is 18.3 Å². The number of hydrazine groups is 1. The predicted octanol–water partition coefficient (Wildman–Crippen LogP) is 0.718. The van der Waals surface area contributed by atoms with Crippen LogP contribution in [0.15, 0.2) is 30.7 Å². The molecule has 0 spiro atoms. The summed E-state index contributed by atoms with van der Waals surface area (Å²) in [6.07, 6.45) is 4.35. The summed E-state index contributed by atoms with van der Waals surface area (Å²) < 4.78 is 0. The maximum Gasteiger partial charge on any atom is 0.275 e. The molecule has 0 aliphatic heterocycles. The first-order chi connectivity index (χ1) is 8.69. The fourth-order valence-corrected chi connectivity index (χ4v) is 1.34. The number of anilines is 2. The van der Waals surface area contributed by atoms with Crippen molar-refractivity contribution in [3.63, 3.8) is 0 Å². The average Bonchev–Trinajstić information content (AvgIpc) is 2.39. The third-order valence-electron chi connectivity index (χ3n) is 2.19. The number of nitrogen functional groups attached to an aromatic ring is 1. The number of nitrogens with zero attached hydrogens (tertiary/aromatic N) is 3. The van der Waals surface area contributed by atoms with Crippen LogP contribution in [0.4, 0.5) is 11.5 Å². The lowest BCUT2D eigenvalue weighted by atomic mass is 10.3. The monoisotopic (exact) mass is 244 g/mol. The maximum atomic E-state index is 11.8. The van der Waals surface area contributed by atoms with E-state index >= 15 is 0 Å². The highest BCUT2D eigenvalue weighted by molar-refractivity contribution is 6.02. The minimum absolute atomic E-state index is 0.212. The van der Waals surface area contributed by atoms with Crippen molar-refractivity contribution in [3.8, 4) is 0 Å². The summed E-state index contributed by atoms with van der Waals surface area (Å²) >= 11 is 0. The van der Waals surface area contributed by atoms with Gasteiger partial charge in [-0.1, -0.05) is 0 Å². The Morgan fingerprint density at radius 1 is 1.28 bits per heavy atom. The van der Waals surface area contributed by atoms with Crippen LogP contribution in [0.5, 0.6) is 0 Å². The highest BCUT2D eigenvalue weighted by atomic mass is 16.1. The Hall–Kier alpha value is -2.54. The van der Waals surface area contributed by atoms with Crippen molar-refractivity contribution >= 4 is 17.4 Å². The number of carbonyl (C=O) groups is 1. The van der Waals surface area contributed by atoms with E-state index in [1.165, 1.54) is 12.4 Å². The molecule has 2 rings (SSSR count). The second-order valence-electron chi connectivity index (χ2n) is 3.57. The molecule has 18 heavy (non-hydrogen) atoms. The summed E-state index contributed by atoms with van der Waals surface area (Å²) in [5.74, 6) is 5.21. The van der Waals surface area contributed by atoms with E-state index in [1.807, 2.05) is 6.92 Å². The molecule has 92 valence electrons. The molecule has 7 nitrogen and oxygen atoms in total. The van der Waals surface area contributed by atoms with E-state index in [0.29, 0.717) is 11.5 Å². The molecule has 0 radical (unpaired) electrons. The molecule has 7 heteroatoms. The number of rotatable bonds is 3. The SMILES string of the molecule is Cc1cc(NC(=O)c2cnc(NN)cn2)ccn1. The van der Waals surface area contributed by atoms with Gasteiger partial charge in [0.05, 0.1) is 12.4 Å². The van der Waals surface area contributed by atoms with Gasteiger partial charge in [-0.05, 0) is 19.1 Å². The Morgan fingerprint density at radius 2 is 2.11 bits per heavy atom. The highest BCUT2D eigenvalue weighted by Gasteiger charge is 2.08. The first-order valence-electron chi connectivity index (χ1n) is 5.21. The molecule has 2 heterocycles. The zero-order valence-electron chi connectivity index (χ0n) is 9.71. The molecule has 0 aromatic carbocycles. The summed E-state index contributed by atoms with van der Waals surface area (Å²) in [7, 11) is 0. The van der Waals surface area contributed by atoms with Gasteiger partial charge in [0, 0.05) is 17.6 Å². The largest absolute Gasteiger partial charge is 0.320 e. The quantitative estimate of drug-likeness (QED) is 0.542. The Kier molecular flexibility index (Phi) is 3.44. The molecular weight excluding hydrogens is 232 g/mol. The lowest BCUT2D eigenvalue weighted by molar-refractivity contribution is 0.102. The van der Waals surface area contributed by atoms with E-state index in [2.05, 4.69) is 25.7 Å². The lowest BCUT2D eigenvalue weighted by Gasteiger charge is -2.05. The predicted molar refractivity (Wildman–Crippen MR) is 66.8 cm³/mol. The van der Waals surface area contributed by atoms with Crippen LogP contribution >= 0.6 is 0 Å². The highest BCUT2D eigenvalue weighted by Crippen LogP contribution is 2.09. The van der Waals surface area contributed by atoms with E-state index in [-0.39, 0.29) is 11.6 Å². The number of amides is 1. The first kappa shape index (κ1) is 11.9. The Bertz CT molecular complexity index is 554. The second kappa shape index (κ2) is 5.19. The van der Waals surface area contributed by atoms with Gasteiger partial charge in [-0.3, -0.25) is 9.78 Å². The van der Waals surface area contributed by atoms with Crippen LogP contribution < -0.4 is 16.6 Å². The zero-order chi connectivity index (χ0) is 13.0. The summed E-state index contributed by atoms with van der Waals surface area (Å²) in [5.41, 5.74) is 4.03. The van der Waals surface area contributed by atoms with Crippen LogP contribution in [-0.2, 0) is 0 Å². The molecule has 0 atom stereocenters. The van der Waals surface area contributed by atoms with Gasteiger partial charge in [0.15, 0.2) is 5.82 Å². The Balaban J connectivity index is 2.11. The number of aryl methyl sites for hydroxylation is 1. The normalized spacial score (nSPS) is 9.89. The number of hydrogen-bond acceptors (Lipinski definition) is 6. The van der Waals surface area contributed by atoms with Gasteiger partial charge >= 0.3 is 0 Å². The van der Waals surface area contributed by atoms with Gasteiger partial charge in [-0.15, -0.1) is 0 Å². The average molecular weight is 244 g/mol. The van der Waals surface area contributed by atoms with Gasteiger partial charge in [-0.25, -0.2) is 15.8 Å². The molecule has 0 aliphatic rings. The van der Waals surface area contributed by atoms with Crippen molar-refractivity contribution in [3.05, 3.63) is 42.1 Å². The van der Waals surface area contributed by atoms with Crippen molar-refractivity contribution in [1.82, 2.24) is 15.0 Å². The van der Waals surface area contributed by atoms with Crippen molar-refractivity contribution in [2.24, 2.45) is 5.84 Å². The molecule has 0 saturated heterocycles. The van der Waals surface area contributed by atoms with Crippen LogP contribution in [0, 0.1) is 6.92 Å². The van der Waals surface area contributed by atoms with E-state index in [0.717, 1.165) is 5.69 Å². The number of nitrogens with one attached hydrogen (secondary N) is 2. The Morgan fingerprint density at radius 3 is 2.72 bits per heavy atom. The Labute approximate surface area is 103 Å². The zero-order valence-corrected chi connectivity index (χ0v) is 9.71. The summed E-state index contributed by atoms with van der Waals surface area (Å²) in [6, 6.07) is 3.47. The summed E-state index contributed by atoms with van der Waals surface area (Å²) in [5, 5.41) is 2.70. The van der Waals surface area contributed by atoms with E-state index in [4.69, 9.17) is 5.84 Å². The third kappa shape index (κ3) is 2.77. The fraction of sp³-hybridized carbons (Fsp3) is 0.0909. The van der Waals surface area contributed by atoms with Crippen molar-refractivity contribution < 1.29 is 4.79 Å². The molecule has 0 fully saturated rings. The lowest BCUT2D eigenvalue weighted by Crippen LogP contribution is -2.15. The second-order valence-corrected chi connectivity index (χ2v) is 3.57. The minimum Gasteiger partial charge on any atom is -0.320 e. The van der Waals surface area contributed by atoms with E-state index < -0.39 is 0 Å². The van der Waals surface area contributed by atoms with Gasteiger partial charge in [-0.2, -0.15) is 0 Å². The molecule has 1 amide bonds. The van der Waals surface area contributed by atoms with Gasteiger partial charge in [0.1, 0.15) is 5.69 Å². The van der Waals surface area contributed by atoms with Gasteiger partial charge in [0.2, 0.25) is 0 Å². The number of carbonyl (C=O) groups excluding carboxylic acids is 1. The van der Waals surface area contributed by atoms with Crippen LogP contribution in [0.1, 0.15) is 16.2 Å². The first-order valence-corrected chi connectivity index (χ1v) is 5.21. The van der Waals surface area contributed by atoms with Crippen molar-refractivity contribution in [2.75, 3.05) is 10.7 Å². The standard InChI is InChI=1S/C11H12N6O/c1-7-4-8(2-3-13-7)16-11(18)9-5-15-10(17-12)6-14-9/h2-6H,12H2,1H3,(H,15,17)(H,13,16,18). The van der Waals surface area contributed by atoms with Crippen LogP contribution in [0.3, 0.4) is 0 Å². The van der Waals surface area contributed by atoms with Crippen molar-refractivity contribution in [1.29, 1.82) is 0 Å². The van der Waals surface area contributed by atoms with Gasteiger partial charge < -0.3 is 10.7 Å².